The van der Waals surface area contributed by atoms with Gasteiger partial charge in [0.1, 0.15) is 12.3 Å². The Morgan fingerprint density at radius 2 is 1.84 bits per heavy atom. The second-order valence-corrected chi connectivity index (χ2v) is 5.28. The van der Waals surface area contributed by atoms with E-state index < -0.39 is 29.2 Å². The highest BCUT2D eigenvalue weighted by Gasteiger charge is 2.37. The number of anilines is 1. The molecule has 9 nitrogen and oxygen atoms in total. The zero-order chi connectivity index (χ0) is 18.1. The van der Waals surface area contributed by atoms with Gasteiger partial charge in [-0.3, -0.25) is 29.4 Å². The van der Waals surface area contributed by atoms with Gasteiger partial charge in [0.05, 0.1) is 16.1 Å². The Labute approximate surface area is 140 Å². The molecule has 0 fully saturated rings. The number of carbonyl (C=O) groups excluding carboxylic acids is 3. The van der Waals surface area contributed by atoms with Gasteiger partial charge in [0.25, 0.3) is 17.5 Å². The van der Waals surface area contributed by atoms with E-state index in [0.29, 0.717) is 10.6 Å². The number of hydrogen-bond donors (Lipinski definition) is 2. The number of carbonyl (C=O) groups is 3. The minimum atomic E-state index is -0.769. The molecule has 0 spiro atoms. The molecule has 2 aromatic carbocycles. The zero-order valence-corrected chi connectivity index (χ0v) is 12.6. The third-order valence-electron chi connectivity index (χ3n) is 3.60. The van der Waals surface area contributed by atoms with Crippen LogP contribution in [-0.4, -0.2) is 39.2 Å². The topological polar surface area (TPSA) is 130 Å². The fourth-order valence-electron chi connectivity index (χ4n) is 2.46. The van der Waals surface area contributed by atoms with Crippen molar-refractivity contribution in [3.05, 3.63) is 63.7 Å². The first kappa shape index (κ1) is 16.1. The van der Waals surface area contributed by atoms with Gasteiger partial charge in [-0.1, -0.05) is 6.07 Å². The Morgan fingerprint density at radius 1 is 1.12 bits per heavy atom. The second-order valence-electron chi connectivity index (χ2n) is 5.28. The van der Waals surface area contributed by atoms with Gasteiger partial charge in [-0.15, -0.1) is 0 Å². The molecule has 0 aliphatic carbocycles. The van der Waals surface area contributed by atoms with Crippen LogP contribution in [0.2, 0.25) is 0 Å². The van der Waals surface area contributed by atoms with Crippen molar-refractivity contribution in [3.8, 4) is 5.75 Å². The Balaban J connectivity index is 1.77. The number of nitro benzene ring substituents is 1. The van der Waals surface area contributed by atoms with Gasteiger partial charge >= 0.3 is 0 Å². The van der Waals surface area contributed by atoms with E-state index in [2.05, 4.69) is 5.32 Å². The minimum Gasteiger partial charge on any atom is -0.508 e. The number of fused-ring (bicyclic) bond motifs is 1. The lowest BCUT2D eigenvalue weighted by molar-refractivity contribution is -0.384. The Kier molecular flexibility index (Phi) is 3.89. The van der Waals surface area contributed by atoms with Gasteiger partial charge in [0.2, 0.25) is 5.91 Å². The molecule has 0 aromatic heterocycles. The van der Waals surface area contributed by atoms with E-state index in [0.717, 1.165) is 12.1 Å². The summed E-state index contributed by atoms with van der Waals surface area (Å²) in [5.74, 6) is -2.16. The predicted molar refractivity (Wildman–Crippen MR) is 85.2 cm³/mol. The van der Waals surface area contributed by atoms with E-state index in [1.807, 2.05) is 0 Å². The number of phenolic OH excluding ortho intramolecular Hbond substituents is 1. The van der Waals surface area contributed by atoms with Crippen LogP contribution >= 0.6 is 0 Å². The number of imide groups is 1. The van der Waals surface area contributed by atoms with E-state index in [4.69, 9.17) is 0 Å². The first-order valence-corrected chi connectivity index (χ1v) is 7.10. The SMILES string of the molecule is O=C(CN1C(=O)c2ccc([N+](=O)[O-])cc2C1=O)Nc1cccc(O)c1. The van der Waals surface area contributed by atoms with E-state index in [9.17, 15) is 29.6 Å². The lowest BCUT2D eigenvalue weighted by Gasteiger charge is -2.13. The van der Waals surface area contributed by atoms with Crippen molar-refractivity contribution in [1.29, 1.82) is 0 Å². The van der Waals surface area contributed by atoms with Crippen molar-refractivity contribution in [3.63, 3.8) is 0 Å². The molecular weight excluding hydrogens is 330 g/mol. The summed E-state index contributed by atoms with van der Waals surface area (Å²) in [7, 11) is 0. The largest absolute Gasteiger partial charge is 0.508 e. The maximum absolute atomic E-state index is 12.3. The van der Waals surface area contributed by atoms with Gasteiger partial charge < -0.3 is 10.4 Å². The van der Waals surface area contributed by atoms with Crippen LogP contribution < -0.4 is 5.32 Å². The molecule has 3 rings (SSSR count). The molecule has 0 saturated carbocycles. The third kappa shape index (κ3) is 3.02. The Bertz CT molecular complexity index is 924. The number of nitrogens with zero attached hydrogens (tertiary/aromatic N) is 2. The predicted octanol–water partition coefficient (Wildman–Crippen LogP) is 1.54. The first-order chi connectivity index (χ1) is 11.9. The molecule has 1 aliphatic heterocycles. The summed E-state index contributed by atoms with van der Waals surface area (Å²) in [6.07, 6.45) is 0. The van der Waals surface area contributed by atoms with Crippen molar-refractivity contribution >= 4 is 29.1 Å². The molecule has 0 bridgehead atoms. The second kappa shape index (κ2) is 6.04. The highest BCUT2D eigenvalue weighted by atomic mass is 16.6. The van der Waals surface area contributed by atoms with Crippen LogP contribution in [-0.2, 0) is 4.79 Å². The Hall–Kier alpha value is -3.75. The monoisotopic (exact) mass is 341 g/mol. The molecular formula is C16H11N3O6. The molecule has 2 N–H and O–H groups in total. The number of non-ortho nitro benzene ring substituents is 1. The maximum atomic E-state index is 12.3. The molecule has 3 amide bonds. The number of hydrogen-bond acceptors (Lipinski definition) is 6. The van der Waals surface area contributed by atoms with Crippen LogP contribution in [0.15, 0.2) is 42.5 Å². The van der Waals surface area contributed by atoms with Crippen LogP contribution in [0.25, 0.3) is 0 Å². The number of nitro groups is 1. The number of aromatic hydroxyl groups is 1. The average Bonchev–Trinajstić information content (AvgIpc) is 2.79. The third-order valence-corrected chi connectivity index (χ3v) is 3.60. The summed E-state index contributed by atoms with van der Waals surface area (Å²) in [6, 6.07) is 9.12. The zero-order valence-electron chi connectivity index (χ0n) is 12.6. The van der Waals surface area contributed by atoms with Crippen molar-refractivity contribution < 1.29 is 24.4 Å². The molecule has 2 aromatic rings. The molecule has 0 atom stereocenters. The van der Waals surface area contributed by atoms with E-state index in [1.165, 1.54) is 30.3 Å². The van der Waals surface area contributed by atoms with Gasteiger partial charge in [0, 0.05) is 23.9 Å². The molecule has 0 saturated heterocycles. The fourth-order valence-corrected chi connectivity index (χ4v) is 2.46. The van der Waals surface area contributed by atoms with E-state index >= 15 is 0 Å². The van der Waals surface area contributed by atoms with E-state index in [1.54, 1.807) is 0 Å². The number of phenols is 1. The molecule has 126 valence electrons. The Morgan fingerprint density at radius 3 is 2.52 bits per heavy atom. The van der Waals surface area contributed by atoms with Crippen LogP contribution in [0.5, 0.6) is 5.75 Å². The van der Waals surface area contributed by atoms with Crippen LogP contribution in [0.1, 0.15) is 20.7 Å². The van der Waals surface area contributed by atoms with Gasteiger partial charge in [0.15, 0.2) is 0 Å². The summed E-state index contributed by atoms with van der Waals surface area (Å²) in [5, 5.41) is 22.6. The molecule has 9 heteroatoms. The lowest BCUT2D eigenvalue weighted by Crippen LogP contribution is -2.37. The fraction of sp³-hybridized carbons (Fsp3) is 0.0625. The number of rotatable bonds is 4. The van der Waals surface area contributed by atoms with Gasteiger partial charge in [-0.2, -0.15) is 0 Å². The first-order valence-electron chi connectivity index (χ1n) is 7.10. The quantitative estimate of drug-likeness (QED) is 0.493. The van der Waals surface area contributed by atoms with Crippen molar-refractivity contribution in [1.82, 2.24) is 4.90 Å². The normalized spacial score (nSPS) is 12.9. The minimum absolute atomic E-state index is 0.0146. The maximum Gasteiger partial charge on any atom is 0.270 e. The molecule has 25 heavy (non-hydrogen) atoms. The summed E-state index contributed by atoms with van der Waals surface area (Å²) in [6.45, 7) is -0.546. The van der Waals surface area contributed by atoms with Gasteiger partial charge in [-0.25, -0.2) is 0 Å². The summed E-state index contributed by atoms with van der Waals surface area (Å²) < 4.78 is 0. The number of nitrogens with one attached hydrogen (secondary N) is 1. The van der Waals surface area contributed by atoms with Crippen LogP contribution in [0, 0.1) is 10.1 Å². The number of amides is 3. The van der Waals surface area contributed by atoms with Gasteiger partial charge in [-0.05, 0) is 18.2 Å². The van der Waals surface area contributed by atoms with E-state index in [-0.39, 0.29) is 22.6 Å². The molecule has 0 radical (unpaired) electrons. The summed E-state index contributed by atoms with van der Waals surface area (Å²) in [4.78, 5) is 47.4. The summed E-state index contributed by atoms with van der Waals surface area (Å²) >= 11 is 0. The van der Waals surface area contributed by atoms with Crippen LogP contribution in [0.3, 0.4) is 0 Å². The molecule has 1 aliphatic rings. The van der Waals surface area contributed by atoms with Crippen molar-refractivity contribution in [2.45, 2.75) is 0 Å². The lowest BCUT2D eigenvalue weighted by atomic mass is 10.1. The van der Waals surface area contributed by atoms with Crippen molar-refractivity contribution in [2.24, 2.45) is 0 Å². The van der Waals surface area contributed by atoms with Crippen LogP contribution in [0.4, 0.5) is 11.4 Å². The molecule has 1 heterocycles. The highest BCUT2D eigenvalue weighted by molar-refractivity contribution is 6.23. The summed E-state index contributed by atoms with van der Waals surface area (Å²) in [5.41, 5.74) is -0.103. The standard InChI is InChI=1S/C16H11N3O6/c20-11-3-1-2-9(6-11)17-14(21)8-18-15(22)12-5-4-10(19(24)25)7-13(12)16(18)23/h1-7,20H,8H2,(H,17,21). The highest BCUT2D eigenvalue weighted by Crippen LogP contribution is 2.26. The number of benzene rings is 2. The average molecular weight is 341 g/mol. The van der Waals surface area contributed by atoms with Crippen molar-refractivity contribution in [2.75, 3.05) is 11.9 Å². The smallest absolute Gasteiger partial charge is 0.270 e. The molecule has 0 unspecified atom stereocenters.